The Kier molecular flexibility index (Phi) is 1.27. The van der Waals surface area contributed by atoms with Crippen molar-refractivity contribution in [2.45, 2.75) is 25.3 Å². The summed E-state index contributed by atoms with van der Waals surface area (Å²) >= 11 is 0. The van der Waals surface area contributed by atoms with Gasteiger partial charge in [0.15, 0.2) is 0 Å². The second-order valence-corrected chi connectivity index (χ2v) is 2.58. The molecule has 1 unspecified atom stereocenters. The third kappa shape index (κ3) is 1.09. The minimum atomic E-state index is -0.572. The second-order valence-electron chi connectivity index (χ2n) is 2.58. The summed E-state index contributed by atoms with van der Waals surface area (Å²) in [6.07, 6.45) is 1.91. The summed E-state index contributed by atoms with van der Waals surface area (Å²) in [6.45, 7) is 1.73. The number of hydrogen-bond donors (Lipinski definition) is 1. The third-order valence-electron chi connectivity index (χ3n) is 1.56. The Bertz CT molecular complexity index is 155. The largest absolute Gasteiger partial charge is 0.344 e. The van der Waals surface area contributed by atoms with E-state index >= 15 is 0 Å². The quantitative estimate of drug-likeness (QED) is 0.498. The van der Waals surface area contributed by atoms with Crippen molar-refractivity contribution in [2.24, 2.45) is 0 Å². The number of nitrogens with one attached hydrogen (secondary N) is 1. The van der Waals surface area contributed by atoms with Gasteiger partial charge < -0.3 is 10.1 Å². The molecule has 1 heterocycles. The molecule has 3 nitrogen and oxygen atoms in total. The predicted molar refractivity (Wildman–Crippen MR) is 31.8 cm³/mol. The molecule has 0 aliphatic carbocycles. The normalized spacial score (nSPS) is 34.1. The number of hydrogen-bond acceptors (Lipinski definition) is 2. The molecule has 1 aliphatic rings. The fourth-order valence-corrected chi connectivity index (χ4v) is 0.905. The zero-order valence-electron chi connectivity index (χ0n) is 5.31. The van der Waals surface area contributed by atoms with E-state index in [1.165, 1.54) is 0 Å². The van der Waals surface area contributed by atoms with Crippen molar-refractivity contribution in [3.05, 3.63) is 0 Å². The second kappa shape index (κ2) is 1.83. The summed E-state index contributed by atoms with van der Waals surface area (Å²) in [5.41, 5.74) is -0.572. The molecule has 50 valence electrons. The monoisotopic (exact) mass is 127 g/mol. The number of carbonyl (C=O) groups is 2. The molecule has 0 aromatic carbocycles. The molecule has 9 heavy (non-hydrogen) atoms. The Morgan fingerprint density at radius 1 is 1.78 bits per heavy atom. The summed E-state index contributed by atoms with van der Waals surface area (Å²) in [5, 5.41) is 2.57. The topological polar surface area (TPSA) is 46.2 Å². The Hall–Kier alpha value is -0.860. The highest BCUT2D eigenvalue weighted by Gasteiger charge is 2.31. The standard InChI is InChI=1S/C6H9NO2/c1-6(4-8)3-2-5(9)7-6/h4H,2-3H2,1H3,(H,7,9). The van der Waals surface area contributed by atoms with E-state index in [9.17, 15) is 9.59 Å². The van der Waals surface area contributed by atoms with Gasteiger partial charge in [0.2, 0.25) is 5.91 Å². The summed E-state index contributed by atoms with van der Waals surface area (Å²) < 4.78 is 0. The van der Waals surface area contributed by atoms with E-state index in [-0.39, 0.29) is 5.91 Å². The minimum Gasteiger partial charge on any atom is -0.344 e. The molecule has 1 fully saturated rings. The molecule has 1 aliphatic heterocycles. The molecule has 1 atom stereocenters. The summed E-state index contributed by atoms with van der Waals surface area (Å²) in [5.74, 6) is -0.0235. The lowest BCUT2D eigenvalue weighted by Gasteiger charge is -2.13. The van der Waals surface area contributed by atoms with Gasteiger partial charge in [-0.2, -0.15) is 0 Å². The summed E-state index contributed by atoms with van der Waals surface area (Å²) in [6, 6.07) is 0. The lowest BCUT2D eigenvalue weighted by Crippen LogP contribution is -2.39. The fourth-order valence-electron chi connectivity index (χ4n) is 0.905. The fraction of sp³-hybridized carbons (Fsp3) is 0.667. The van der Waals surface area contributed by atoms with E-state index in [4.69, 9.17) is 0 Å². The van der Waals surface area contributed by atoms with Crippen molar-refractivity contribution >= 4 is 12.2 Å². The van der Waals surface area contributed by atoms with Gasteiger partial charge in [-0.15, -0.1) is 0 Å². The van der Waals surface area contributed by atoms with Crippen LogP contribution in [0.25, 0.3) is 0 Å². The third-order valence-corrected chi connectivity index (χ3v) is 1.56. The molecule has 0 aromatic rings. The average molecular weight is 127 g/mol. The molecule has 0 saturated carbocycles. The van der Waals surface area contributed by atoms with Gasteiger partial charge in [0, 0.05) is 6.42 Å². The van der Waals surface area contributed by atoms with Crippen LogP contribution in [-0.2, 0) is 9.59 Å². The summed E-state index contributed by atoms with van der Waals surface area (Å²) in [7, 11) is 0. The highest BCUT2D eigenvalue weighted by atomic mass is 16.2. The Morgan fingerprint density at radius 2 is 2.44 bits per heavy atom. The van der Waals surface area contributed by atoms with Crippen molar-refractivity contribution in [2.75, 3.05) is 0 Å². The smallest absolute Gasteiger partial charge is 0.220 e. The lowest BCUT2D eigenvalue weighted by atomic mass is 10.0. The van der Waals surface area contributed by atoms with Crippen LogP contribution < -0.4 is 5.32 Å². The van der Waals surface area contributed by atoms with E-state index in [1.54, 1.807) is 6.92 Å². The van der Waals surface area contributed by atoms with Gasteiger partial charge >= 0.3 is 0 Å². The minimum absolute atomic E-state index is 0.0235. The van der Waals surface area contributed by atoms with Crippen molar-refractivity contribution in [1.82, 2.24) is 5.32 Å². The van der Waals surface area contributed by atoms with Gasteiger partial charge in [0.05, 0.1) is 5.54 Å². The van der Waals surface area contributed by atoms with Crippen LogP contribution in [0.2, 0.25) is 0 Å². The van der Waals surface area contributed by atoms with Crippen molar-refractivity contribution < 1.29 is 9.59 Å². The molecule has 0 aromatic heterocycles. The lowest BCUT2D eigenvalue weighted by molar-refractivity contribution is -0.122. The average Bonchev–Trinajstić information content (AvgIpc) is 2.13. The first-order valence-corrected chi connectivity index (χ1v) is 2.94. The molecular weight excluding hydrogens is 118 g/mol. The number of rotatable bonds is 1. The Morgan fingerprint density at radius 3 is 2.67 bits per heavy atom. The van der Waals surface area contributed by atoms with Crippen LogP contribution in [0.4, 0.5) is 0 Å². The molecule has 1 saturated heterocycles. The molecule has 1 N–H and O–H groups in total. The SMILES string of the molecule is CC1(C=O)CCC(=O)N1. The van der Waals surface area contributed by atoms with Crippen LogP contribution in [0.5, 0.6) is 0 Å². The van der Waals surface area contributed by atoms with Crippen LogP contribution in [0.3, 0.4) is 0 Å². The van der Waals surface area contributed by atoms with Crippen LogP contribution in [0, 0.1) is 0 Å². The zero-order chi connectivity index (χ0) is 6.91. The van der Waals surface area contributed by atoms with E-state index in [2.05, 4.69) is 5.32 Å². The summed E-state index contributed by atoms with van der Waals surface area (Å²) in [4.78, 5) is 20.8. The molecule has 1 rings (SSSR count). The van der Waals surface area contributed by atoms with Crippen LogP contribution >= 0.6 is 0 Å². The van der Waals surface area contributed by atoms with Crippen molar-refractivity contribution in [3.8, 4) is 0 Å². The van der Waals surface area contributed by atoms with Gasteiger partial charge in [-0.05, 0) is 13.3 Å². The van der Waals surface area contributed by atoms with Gasteiger partial charge in [-0.1, -0.05) is 0 Å². The first kappa shape index (κ1) is 6.26. The number of carbonyl (C=O) groups excluding carboxylic acids is 2. The van der Waals surface area contributed by atoms with E-state index in [0.29, 0.717) is 12.8 Å². The molecule has 0 bridgehead atoms. The van der Waals surface area contributed by atoms with E-state index in [0.717, 1.165) is 6.29 Å². The molecular formula is C6H9NO2. The molecule has 0 radical (unpaired) electrons. The van der Waals surface area contributed by atoms with E-state index < -0.39 is 5.54 Å². The predicted octanol–water partition coefficient (Wildman–Crippen LogP) is -0.146. The zero-order valence-corrected chi connectivity index (χ0v) is 5.31. The van der Waals surface area contributed by atoms with Crippen molar-refractivity contribution in [1.29, 1.82) is 0 Å². The highest BCUT2D eigenvalue weighted by molar-refractivity contribution is 5.85. The maximum Gasteiger partial charge on any atom is 0.220 e. The van der Waals surface area contributed by atoms with Gasteiger partial charge in [0.25, 0.3) is 0 Å². The Balaban J connectivity index is 2.65. The van der Waals surface area contributed by atoms with Gasteiger partial charge in [0.1, 0.15) is 6.29 Å². The van der Waals surface area contributed by atoms with Crippen LogP contribution in [0.15, 0.2) is 0 Å². The van der Waals surface area contributed by atoms with Gasteiger partial charge in [-0.3, -0.25) is 4.79 Å². The van der Waals surface area contributed by atoms with Crippen molar-refractivity contribution in [3.63, 3.8) is 0 Å². The number of amides is 1. The molecule has 0 spiro atoms. The molecule has 1 amide bonds. The van der Waals surface area contributed by atoms with Gasteiger partial charge in [-0.25, -0.2) is 0 Å². The first-order chi connectivity index (χ1) is 4.16. The van der Waals surface area contributed by atoms with Crippen LogP contribution in [-0.4, -0.2) is 17.7 Å². The number of aldehydes is 1. The molecule has 3 heteroatoms. The Labute approximate surface area is 53.4 Å². The van der Waals surface area contributed by atoms with Crippen LogP contribution in [0.1, 0.15) is 19.8 Å². The van der Waals surface area contributed by atoms with E-state index in [1.807, 2.05) is 0 Å². The maximum atomic E-state index is 10.5. The maximum absolute atomic E-state index is 10.5. The highest BCUT2D eigenvalue weighted by Crippen LogP contribution is 2.15. The first-order valence-electron chi connectivity index (χ1n) is 2.94.